The average molecular weight is 346 g/mol. The minimum absolute atomic E-state index is 0.316. The second-order valence-corrected chi connectivity index (χ2v) is 8.93. The van der Waals surface area contributed by atoms with Gasteiger partial charge in [-0.05, 0) is 60.3 Å². The van der Waals surface area contributed by atoms with E-state index >= 15 is 0 Å². The van der Waals surface area contributed by atoms with Crippen molar-refractivity contribution in [2.24, 2.45) is 0 Å². The summed E-state index contributed by atoms with van der Waals surface area (Å²) in [5, 5.41) is 6.77. The normalized spacial score (nSPS) is 13.8. The van der Waals surface area contributed by atoms with Gasteiger partial charge in [-0.3, -0.25) is 0 Å². The summed E-state index contributed by atoms with van der Waals surface area (Å²) >= 11 is 0. The van der Waals surface area contributed by atoms with Gasteiger partial charge in [-0.2, -0.15) is 0 Å². The number of benzene rings is 3. The molecule has 0 amide bonds. The van der Waals surface area contributed by atoms with Crippen LogP contribution in [-0.4, -0.2) is 6.79 Å². The van der Waals surface area contributed by atoms with E-state index in [0.29, 0.717) is 6.79 Å². The van der Waals surface area contributed by atoms with Crippen molar-refractivity contribution in [2.45, 2.75) is 20.8 Å². The zero-order valence-corrected chi connectivity index (χ0v) is 15.5. The largest absolute Gasteiger partial charge is 0.453 e. The average Bonchev–Trinajstić information content (AvgIpc) is 3.19. The van der Waals surface area contributed by atoms with E-state index in [2.05, 4.69) is 69.3 Å². The van der Waals surface area contributed by atoms with Crippen LogP contribution in [0, 0.1) is 20.8 Å². The minimum atomic E-state index is -0.559. The zero-order chi connectivity index (χ0) is 17.1. The highest BCUT2D eigenvalue weighted by Crippen LogP contribution is 2.59. The van der Waals surface area contributed by atoms with Gasteiger partial charge in [-0.15, -0.1) is 0 Å². The monoisotopic (exact) mass is 346 g/mol. The van der Waals surface area contributed by atoms with Gasteiger partial charge in [0.05, 0.1) is 0 Å². The lowest BCUT2D eigenvalue weighted by Gasteiger charge is -2.06. The summed E-state index contributed by atoms with van der Waals surface area (Å²) in [6.07, 6.45) is 0. The van der Waals surface area contributed by atoms with Crippen molar-refractivity contribution in [3.05, 3.63) is 65.2 Å². The number of hydrogen-bond acceptors (Lipinski definition) is 2. The van der Waals surface area contributed by atoms with Crippen molar-refractivity contribution in [1.82, 2.24) is 0 Å². The highest BCUT2D eigenvalue weighted by Gasteiger charge is 2.25. The summed E-state index contributed by atoms with van der Waals surface area (Å²) < 4.78 is 11.7. The molecule has 124 valence electrons. The molecule has 0 fully saturated rings. The molecule has 0 N–H and O–H groups in total. The molecule has 0 saturated heterocycles. The lowest BCUT2D eigenvalue weighted by Crippen LogP contribution is -1.93. The Hall–Kier alpha value is -2.44. The van der Waals surface area contributed by atoms with E-state index < -0.39 is 7.53 Å². The zero-order valence-electron chi connectivity index (χ0n) is 14.6. The predicted octanol–water partition coefficient (Wildman–Crippen LogP) is 6.62. The molecule has 0 saturated carbocycles. The van der Waals surface area contributed by atoms with Gasteiger partial charge in [0.15, 0.2) is 11.5 Å². The van der Waals surface area contributed by atoms with Gasteiger partial charge in [-0.1, -0.05) is 43.9 Å². The van der Waals surface area contributed by atoms with Crippen molar-refractivity contribution in [3.63, 3.8) is 0 Å². The molecule has 0 spiro atoms. The van der Waals surface area contributed by atoms with Crippen LogP contribution in [0.3, 0.4) is 0 Å². The SMILES string of the molecule is Cc1cc2c3c4c(c(C)cc3p(-c3ccccc3)c2cc1C)OCO4. The van der Waals surface area contributed by atoms with Crippen LogP contribution in [0.25, 0.3) is 26.3 Å². The first-order chi connectivity index (χ1) is 12.1. The fraction of sp³-hybridized carbons (Fsp3) is 0.182. The fourth-order valence-corrected chi connectivity index (χ4v) is 6.62. The van der Waals surface area contributed by atoms with E-state index in [1.807, 2.05) is 0 Å². The van der Waals surface area contributed by atoms with Crippen LogP contribution in [0.15, 0.2) is 48.5 Å². The number of aryl methyl sites for hydroxylation is 3. The molecular weight excluding hydrogens is 327 g/mol. The lowest BCUT2D eigenvalue weighted by atomic mass is 10.0. The van der Waals surface area contributed by atoms with Crippen LogP contribution < -0.4 is 9.47 Å². The third-order valence-electron chi connectivity index (χ3n) is 5.18. The van der Waals surface area contributed by atoms with Crippen LogP contribution in [0.5, 0.6) is 11.5 Å². The first-order valence-corrected chi connectivity index (χ1v) is 9.89. The molecule has 1 unspecified atom stereocenters. The summed E-state index contributed by atoms with van der Waals surface area (Å²) in [4.78, 5) is 0. The van der Waals surface area contributed by atoms with Gasteiger partial charge in [0.1, 0.15) is 0 Å². The van der Waals surface area contributed by atoms with Crippen LogP contribution in [-0.2, 0) is 0 Å². The van der Waals surface area contributed by atoms with Crippen LogP contribution >= 0.6 is 7.53 Å². The fourth-order valence-electron chi connectivity index (χ4n) is 3.82. The maximum Gasteiger partial charge on any atom is 0.231 e. The highest BCUT2D eigenvalue weighted by atomic mass is 31.1. The van der Waals surface area contributed by atoms with E-state index in [4.69, 9.17) is 9.47 Å². The van der Waals surface area contributed by atoms with Crippen molar-refractivity contribution < 1.29 is 9.47 Å². The van der Waals surface area contributed by atoms with E-state index in [1.165, 1.54) is 37.4 Å². The molecule has 0 radical (unpaired) electrons. The van der Waals surface area contributed by atoms with Gasteiger partial charge in [0.2, 0.25) is 6.79 Å². The first-order valence-electron chi connectivity index (χ1n) is 8.55. The van der Waals surface area contributed by atoms with Crippen molar-refractivity contribution in [3.8, 4) is 16.8 Å². The molecule has 3 aromatic carbocycles. The summed E-state index contributed by atoms with van der Waals surface area (Å²) in [7, 11) is -0.559. The Labute approximate surface area is 148 Å². The minimum Gasteiger partial charge on any atom is -0.453 e. The van der Waals surface area contributed by atoms with E-state index in [0.717, 1.165) is 17.1 Å². The van der Waals surface area contributed by atoms with Crippen LogP contribution in [0.4, 0.5) is 0 Å². The molecule has 2 nitrogen and oxygen atoms in total. The van der Waals surface area contributed by atoms with E-state index in [1.54, 1.807) is 0 Å². The second kappa shape index (κ2) is 5.28. The Kier molecular flexibility index (Phi) is 3.14. The van der Waals surface area contributed by atoms with E-state index in [9.17, 15) is 0 Å². The quantitative estimate of drug-likeness (QED) is 0.385. The standard InChI is InChI=1S/C22H19O2P/c1-13-9-17-18(10-14(13)2)25(16-7-5-4-6-8-16)19-11-15(3)21-22(20(17)19)24-12-23-21/h4-11H,12H2,1-3H3. The number of rotatable bonds is 1. The summed E-state index contributed by atoms with van der Waals surface area (Å²) in [5.41, 5.74) is 3.83. The molecule has 4 aromatic rings. The third-order valence-corrected chi connectivity index (χ3v) is 7.69. The first kappa shape index (κ1) is 14.9. The molecule has 2 heterocycles. The van der Waals surface area contributed by atoms with Gasteiger partial charge in [0.25, 0.3) is 0 Å². The molecule has 0 aliphatic carbocycles. The number of fused-ring (bicyclic) bond motifs is 5. The third kappa shape index (κ3) is 2.04. The molecule has 1 aliphatic heterocycles. The van der Waals surface area contributed by atoms with Gasteiger partial charge in [-0.25, -0.2) is 0 Å². The topological polar surface area (TPSA) is 18.5 Å². The molecule has 5 rings (SSSR count). The smallest absolute Gasteiger partial charge is 0.231 e. The van der Waals surface area contributed by atoms with Gasteiger partial charge in [0, 0.05) is 15.6 Å². The highest BCUT2D eigenvalue weighted by molar-refractivity contribution is 7.68. The van der Waals surface area contributed by atoms with Crippen molar-refractivity contribution in [2.75, 3.05) is 6.79 Å². The molecule has 1 aromatic heterocycles. The second-order valence-electron chi connectivity index (χ2n) is 6.78. The Morgan fingerprint density at radius 1 is 0.760 bits per heavy atom. The maximum absolute atomic E-state index is 5.92. The summed E-state index contributed by atoms with van der Waals surface area (Å²) in [6.45, 7) is 6.82. The Morgan fingerprint density at radius 2 is 1.44 bits per heavy atom. The maximum atomic E-state index is 5.92. The van der Waals surface area contributed by atoms with Gasteiger partial charge >= 0.3 is 0 Å². The molecule has 1 atom stereocenters. The Bertz CT molecular complexity index is 1140. The summed E-state index contributed by atoms with van der Waals surface area (Å²) in [5.74, 6) is 1.84. The van der Waals surface area contributed by atoms with Crippen LogP contribution in [0.2, 0.25) is 0 Å². The lowest BCUT2D eigenvalue weighted by molar-refractivity contribution is 0.174. The molecule has 3 heteroatoms. The Morgan fingerprint density at radius 3 is 2.24 bits per heavy atom. The molecular formula is C22H19O2P. The Balaban J connectivity index is 2.04. The van der Waals surface area contributed by atoms with E-state index in [-0.39, 0.29) is 0 Å². The molecule has 0 bridgehead atoms. The molecule has 25 heavy (non-hydrogen) atoms. The summed E-state index contributed by atoms with van der Waals surface area (Å²) in [6, 6.07) is 17.9. The number of ether oxygens (including phenoxy) is 2. The van der Waals surface area contributed by atoms with Crippen molar-refractivity contribution in [1.29, 1.82) is 0 Å². The molecule has 1 aliphatic rings. The van der Waals surface area contributed by atoms with Crippen LogP contribution in [0.1, 0.15) is 16.7 Å². The number of hydrogen-bond donors (Lipinski definition) is 0. The van der Waals surface area contributed by atoms with Gasteiger partial charge < -0.3 is 9.47 Å². The predicted molar refractivity (Wildman–Crippen MR) is 106 cm³/mol. The van der Waals surface area contributed by atoms with Crippen molar-refractivity contribution >= 4 is 28.5 Å².